The molecule has 2 aromatic heterocycles. The zero-order valence-electron chi connectivity index (χ0n) is 21.7. The van der Waals surface area contributed by atoms with Gasteiger partial charge >= 0.3 is 5.69 Å². The van der Waals surface area contributed by atoms with E-state index in [1.54, 1.807) is 7.05 Å². The van der Waals surface area contributed by atoms with Crippen molar-refractivity contribution in [2.24, 2.45) is 13.0 Å². The lowest BCUT2D eigenvalue weighted by Crippen LogP contribution is -2.40. The van der Waals surface area contributed by atoms with Crippen LogP contribution in [0.15, 0.2) is 88.5 Å². The van der Waals surface area contributed by atoms with Crippen LogP contribution in [0.1, 0.15) is 18.1 Å². The van der Waals surface area contributed by atoms with E-state index in [1.165, 1.54) is 9.13 Å². The number of rotatable bonds is 5. The monoisotopic (exact) mass is 507 g/mol. The van der Waals surface area contributed by atoms with E-state index in [4.69, 9.17) is 9.72 Å². The summed E-state index contributed by atoms with van der Waals surface area (Å²) in [6.45, 7) is 5.76. The van der Waals surface area contributed by atoms with Gasteiger partial charge in [-0.3, -0.25) is 13.9 Å². The molecule has 0 radical (unpaired) electrons. The molecule has 3 heterocycles. The maximum absolute atomic E-state index is 13.7. The molecule has 8 nitrogen and oxygen atoms in total. The van der Waals surface area contributed by atoms with E-state index >= 15 is 0 Å². The molecule has 0 amide bonds. The van der Waals surface area contributed by atoms with E-state index in [1.807, 2.05) is 90.4 Å². The molecular formula is C30H29N5O3. The van der Waals surface area contributed by atoms with Crippen LogP contribution in [0, 0.1) is 12.8 Å². The average Bonchev–Trinajstić information content (AvgIpc) is 3.30. The lowest BCUT2D eigenvalue weighted by atomic mass is 10.1. The van der Waals surface area contributed by atoms with Crippen LogP contribution >= 0.6 is 0 Å². The Hall–Kier alpha value is -4.59. The van der Waals surface area contributed by atoms with Gasteiger partial charge in [-0.1, -0.05) is 55.0 Å². The van der Waals surface area contributed by atoms with Crippen LogP contribution in [0.3, 0.4) is 0 Å². The lowest BCUT2D eigenvalue weighted by Gasteiger charge is -2.33. The van der Waals surface area contributed by atoms with Crippen molar-refractivity contribution >= 4 is 22.8 Å². The van der Waals surface area contributed by atoms with E-state index in [9.17, 15) is 9.59 Å². The maximum Gasteiger partial charge on any atom is 0.332 e. The van der Waals surface area contributed by atoms with E-state index in [2.05, 4.69) is 11.8 Å². The Balaban J connectivity index is 1.41. The van der Waals surface area contributed by atoms with Gasteiger partial charge in [0.05, 0.1) is 6.54 Å². The number of nitrogens with zero attached hydrogens (tertiary/aromatic N) is 5. The number of anilines is 2. The number of ether oxygens (including phenoxy) is 1. The van der Waals surface area contributed by atoms with Crippen molar-refractivity contribution in [2.45, 2.75) is 26.9 Å². The summed E-state index contributed by atoms with van der Waals surface area (Å²) in [6.07, 6.45) is 0. The largest absolute Gasteiger partial charge is 0.457 e. The van der Waals surface area contributed by atoms with Gasteiger partial charge < -0.3 is 14.2 Å². The van der Waals surface area contributed by atoms with Crippen LogP contribution in [-0.2, 0) is 20.1 Å². The molecule has 0 spiro atoms. The minimum absolute atomic E-state index is 0.214. The maximum atomic E-state index is 13.7. The number of imidazole rings is 1. The zero-order valence-corrected chi connectivity index (χ0v) is 21.7. The topological polar surface area (TPSA) is 74.3 Å². The molecule has 1 aliphatic rings. The van der Waals surface area contributed by atoms with Gasteiger partial charge in [-0.2, -0.15) is 4.98 Å². The first-order valence-electron chi connectivity index (χ1n) is 12.7. The summed E-state index contributed by atoms with van der Waals surface area (Å²) < 4.78 is 10.7. The lowest BCUT2D eigenvalue weighted by molar-refractivity contribution is 0.457. The van der Waals surface area contributed by atoms with Crippen LogP contribution in [0.2, 0.25) is 0 Å². The quantitative estimate of drug-likeness (QED) is 0.341. The van der Waals surface area contributed by atoms with Gasteiger partial charge in [-0.05, 0) is 54.8 Å². The standard InChI is InChI=1S/C30H29N5O3/c1-20-8-7-9-22(16-20)19-35-28(36)26-27(32(3)30(35)37)31-29-33(17-21(2)18-34(26)29)23-12-14-25(15-13-23)38-24-10-5-4-6-11-24/h4-16,21H,17-19H2,1-3H3/t21-/m0/s1. The highest BCUT2D eigenvalue weighted by Crippen LogP contribution is 2.34. The fraction of sp³-hybridized carbons (Fsp3) is 0.233. The average molecular weight is 508 g/mol. The first-order valence-corrected chi connectivity index (χ1v) is 12.7. The number of aromatic nitrogens is 4. The Bertz CT molecular complexity index is 1750. The van der Waals surface area contributed by atoms with Gasteiger partial charge in [0, 0.05) is 25.8 Å². The van der Waals surface area contributed by atoms with Crippen molar-refractivity contribution in [3.05, 3.63) is 111 Å². The Morgan fingerprint density at radius 3 is 2.39 bits per heavy atom. The van der Waals surface area contributed by atoms with Gasteiger partial charge in [-0.15, -0.1) is 0 Å². The van der Waals surface area contributed by atoms with Crippen molar-refractivity contribution < 1.29 is 4.74 Å². The van der Waals surface area contributed by atoms with Crippen molar-refractivity contribution in [1.82, 2.24) is 18.7 Å². The Morgan fingerprint density at radius 2 is 1.66 bits per heavy atom. The molecule has 0 saturated carbocycles. The molecule has 0 saturated heterocycles. The molecular weight excluding hydrogens is 478 g/mol. The number of benzene rings is 3. The second kappa shape index (κ2) is 9.37. The van der Waals surface area contributed by atoms with Gasteiger partial charge in [-0.25, -0.2) is 4.79 Å². The fourth-order valence-corrected chi connectivity index (χ4v) is 5.17. The molecule has 38 heavy (non-hydrogen) atoms. The minimum atomic E-state index is -0.374. The summed E-state index contributed by atoms with van der Waals surface area (Å²) in [5, 5.41) is 0. The van der Waals surface area contributed by atoms with E-state index in [0.717, 1.165) is 34.9 Å². The molecule has 0 bridgehead atoms. The number of aryl methyl sites for hydroxylation is 2. The second-order valence-electron chi connectivity index (χ2n) is 10.0. The molecule has 5 aromatic rings. The third-order valence-electron chi connectivity index (χ3n) is 6.99. The SMILES string of the molecule is Cc1cccc(Cn2c(=O)c3c(nc4n3C[C@@H](C)CN4c3ccc(Oc4ccccc4)cc3)n(C)c2=O)c1. The van der Waals surface area contributed by atoms with Crippen LogP contribution < -0.4 is 20.9 Å². The molecule has 0 unspecified atom stereocenters. The number of para-hydroxylation sites is 1. The Kier molecular flexibility index (Phi) is 5.87. The molecule has 1 atom stereocenters. The van der Waals surface area contributed by atoms with Crippen LogP contribution in [0.4, 0.5) is 11.6 Å². The van der Waals surface area contributed by atoms with Crippen molar-refractivity contribution in [2.75, 3.05) is 11.4 Å². The van der Waals surface area contributed by atoms with Gasteiger partial charge in [0.2, 0.25) is 5.95 Å². The predicted molar refractivity (Wildman–Crippen MR) is 149 cm³/mol. The highest BCUT2D eigenvalue weighted by Gasteiger charge is 2.30. The van der Waals surface area contributed by atoms with Crippen molar-refractivity contribution in [3.8, 4) is 11.5 Å². The Morgan fingerprint density at radius 1 is 0.921 bits per heavy atom. The van der Waals surface area contributed by atoms with Crippen molar-refractivity contribution in [3.63, 3.8) is 0 Å². The van der Waals surface area contributed by atoms with E-state index in [0.29, 0.717) is 23.7 Å². The molecule has 0 fully saturated rings. The molecule has 8 heteroatoms. The first-order chi connectivity index (χ1) is 18.4. The van der Waals surface area contributed by atoms with E-state index < -0.39 is 0 Å². The van der Waals surface area contributed by atoms with Gasteiger partial charge in [0.25, 0.3) is 5.56 Å². The first kappa shape index (κ1) is 23.8. The van der Waals surface area contributed by atoms with Crippen molar-refractivity contribution in [1.29, 1.82) is 0 Å². The Labute approximate surface area is 220 Å². The number of hydrogen-bond donors (Lipinski definition) is 0. The summed E-state index contributed by atoms with van der Waals surface area (Å²) in [5.41, 5.74) is 3.10. The molecule has 1 aliphatic heterocycles. The summed E-state index contributed by atoms with van der Waals surface area (Å²) in [4.78, 5) is 33.9. The molecule has 0 N–H and O–H groups in total. The smallest absolute Gasteiger partial charge is 0.332 e. The zero-order chi connectivity index (χ0) is 26.4. The van der Waals surface area contributed by atoms with Crippen LogP contribution in [0.25, 0.3) is 11.2 Å². The van der Waals surface area contributed by atoms with Gasteiger partial charge in [0.15, 0.2) is 11.2 Å². The third kappa shape index (κ3) is 4.18. The summed E-state index contributed by atoms with van der Waals surface area (Å²) in [7, 11) is 1.68. The summed E-state index contributed by atoms with van der Waals surface area (Å²) in [6, 6.07) is 25.4. The third-order valence-corrected chi connectivity index (χ3v) is 6.99. The van der Waals surface area contributed by atoms with Crippen LogP contribution in [0.5, 0.6) is 11.5 Å². The fourth-order valence-electron chi connectivity index (χ4n) is 5.17. The second-order valence-corrected chi connectivity index (χ2v) is 10.0. The summed E-state index contributed by atoms with van der Waals surface area (Å²) in [5.74, 6) is 2.44. The summed E-state index contributed by atoms with van der Waals surface area (Å²) >= 11 is 0. The highest BCUT2D eigenvalue weighted by molar-refractivity contribution is 5.77. The number of fused-ring (bicyclic) bond motifs is 3. The van der Waals surface area contributed by atoms with Gasteiger partial charge in [0.1, 0.15) is 11.5 Å². The normalized spacial score (nSPS) is 15.0. The molecule has 3 aromatic carbocycles. The molecule has 6 rings (SSSR count). The number of hydrogen-bond acceptors (Lipinski definition) is 5. The predicted octanol–water partition coefficient (Wildman–Crippen LogP) is 4.83. The molecule has 192 valence electrons. The van der Waals surface area contributed by atoms with E-state index in [-0.39, 0.29) is 23.7 Å². The minimum Gasteiger partial charge on any atom is -0.457 e. The molecule has 0 aliphatic carbocycles. The van der Waals surface area contributed by atoms with Crippen LogP contribution in [-0.4, -0.2) is 25.2 Å². The highest BCUT2D eigenvalue weighted by atomic mass is 16.5.